The van der Waals surface area contributed by atoms with Crippen LogP contribution in [0.25, 0.3) is 0 Å². The Hall–Kier alpha value is -0.563. The zero-order valence-corrected chi connectivity index (χ0v) is 17.9. The Morgan fingerprint density at radius 3 is 2.67 bits per heavy atom. The number of halogens is 1. The third-order valence-corrected chi connectivity index (χ3v) is 5.70. The molecule has 0 saturated carbocycles. The Balaban J connectivity index is 1.97. The van der Waals surface area contributed by atoms with Crippen molar-refractivity contribution in [1.82, 2.24) is 0 Å². The summed E-state index contributed by atoms with van der Waals surface area (Å²) in [7, 11) is -1.32. The van der Waals surface area contributed by atoms with Gasteiger partial charge in [-0.1, -0.05) is 59.4 Å². The van der Waals surface area contributed by atoms with Crippen LogP contribution >= 0.6 is 15.9 Å². The van der Waals surface area contributed by atoms with Crippen molar-refractivity contribution in [3.05, 3.63) is 10.6 Å². The van der Waals surface area contributed by atoms with Gasteiger partial charge in [0, 0.05) is 4.48 Å². The third kappa shape index (κ3) is 5.21. The lowest BCUT2D eigenvalue weighted by molar-refractivity contribution is -0.155. The topological polar surface area (TPSA) is 27.7 Å². The fraction of sp³-hybridized carbons (Fsp3) is 0.684. The van der Waals surface area contributed by atoms with Crippen LogP contribution in [0.2, 0.25) is 19.6 Å². The highest BCUT2D eigenvalue weighted by molar-refractivity contribution is 9.11. The van der Waals surface area contributed by atoms with Gasteiger partial charge < -0.3 is 14.2 Å². The highest BCUT2D eigenvalue weighted by Crippen LogP contribution is 2.48. The van der Waals surface area contributed by atoms with Crippen molar-refractivity contribution in [2.24, 2.45) is 0 Å². The van der Waals surface area contributed by atoms with E-state index >= 15 is 0 Å². The van der Waals surface area contributed by atoms with Gasteiger partial charge in [-0.2, -0.15) is 0 Å². The average molecular weight is 411 g/mol. The summed E-state index contributed by atoms with van der Waals surface area (Å²) < 4.78 is 18.8. The van der Waals surface area contributed by atoms with Crippen LogP contribution in [-0.4, -0.2) is 38.8 Å². The van der Waals surface area contributed by atoms with Crippen LogP contribution in [0.5, 0.6) is 0 Å². The second-order valence-electron chi connectivity index (χ2n) is 7.70. The second kappa shape index (κ2) is 7.77. The van der Waals surface area contributed by atoms with Gasteiger partial charge >= 0.3 is 0 Å². The molecule has 132 valence electrons. The van der Waals surface area contributed by atoms with Crippen LogP contribution in [0.1, 0.15) is 33.1 Å². The molecule has 0 amide bonds. The molecule has 0 bridgehead atoms. The molecule has 2 aliphatic rings. The quantitative estimate of drug-likeness (QED) is 0.387. The number of hydrogen-bond donors (Lipinski definition) is 0. The SMILES string of the molecule is CC1(C)O[C@@H](C#CCOCC#C[Si](C)(C)C)[C@@]2(CCCC=C2Br)O1. The molecule has 1 aliphatic heterocycles. The Morgan fingerprint density at radius 2 is 2.00 bits per heavy atom. The summed E-state index contributed by atoms with van der Waals surface area (Å²) in [5.74, 6) is 8.72. The van der Waals surface area contributed by atoms with E-state index in [4.69, 9.17) is 14.2 Å². The minimum atomic E-state index is -1.32. The van der Waals surface area contributed by atoms with Crippen LogP contribution < -0.4 is 0 Å². The Bertz CT molecular complexity index is 612. The zero-order chi connectivity index (χ0) is 17.8. The van der Waals surface area contributed by atoms with E-state index in [1.165, 1.54) is 0 Å². The maximum Gasteiger partial charge on any atom is 0.166 e. The first-order valence-electron chi connectivity index (χ1n) is 8.45. The standard InChI is InChI=1S/C19H27BrO3Si/c1-18(2)22-17(19(23-18)12-7-6-10-16(19)20)11-8-13-21-14-9-15-24(3,4)5/h10,17H,6-7,12-14H2,1-5H3/t17-,19-/m0/s1. The molecular formula is C19H27BrO3Si. The first-order chi connectivity index (χ1) is 11.1. The van der Waals surface area contributed by atoms with Crippen molar-refractivity contribution >= 4 is 24.0 Å². The minimum absolute atomic E-state index is 0.282. The van der Waals surface area contributed by atoms with Crippen molar-refractivity contribution in [2.75, 3.05) is 13.2 Å². The molecule has 0 unspecified atom stereocenters. The van der Waals surface area contributed by atoms with Gasteiger partial charge in [-0.15, -0.1) is 5.54 Å². The first-order valence-corrected chi connectivity index (χ1v) is 12.7. The van der Waals surface area contributed by atoms with Crippen molar-refractivity contribution in [1.29, 1.82) is 0 Å². The van der Waals surface area contributed by atoms with Crippen molar-refractivity contribution < 1.29 is 14.2 Å². The van der Waals surface area contributed by atoms with Gasteiger partial charge in [-0.25, -0.2) is 0 Å². The van der Waals surface area contributed by atoms with E-state index in [0.717, 1.165) is 23.7 Å². The highest BCUT2D eigenvalue weighted by Gasteiger charge is 2.54. The number of ether oxygens (including phenoxy) is 3. The van der Waals surface area contributed by atoms with E-state index in [9.17, 15) is 0 Å². The molecule has 1 aliphatic carbocycles. The Kier molecular flexibility index (Phi) is 6.39. The highest BCUT2D eigenvalue weighted by atomic mass is 79.9. The molecule has 1 spiro atoms. The Labute approximate surface area is 155 Å². The van der Waals surface area contributed by atoms with Crippen LogP contribution in [-0.2, 0) is 14.2 Å². The summed E-state index contributed by atoms with van der Waals surface area (Å²) in [4.78, 5) is 0. The molecule has 2 atom stereocenters. The first kappa shape index (κ1) is 19.8. The summed E-state index contributed by atoms with van der Waals surface area (Å²) in [6, 6.07) is 0. The normalized spacial score (nSPS) is 28.6. The van der Waals surface area contributed by atoms with E-state index in [1.54, 1.807) is 0 Å². The predicted octanol–water partition coefficient (Wildman–Crippen LogP) is 4.24. The van der Waals surface area contributed by atoms with Gasteiger partial charge in [-0.3, -0.25) is 0 Å². The van der Waals surface area contributed by atoms with E-state index in [-0.39, 0.29) is 6.10 Å². The summed E-state index contributed by atoms with van der Waals surface area (Å²) in [5.41, 5.74) is 2.79. The van der Waals surface area contributed by atoms with Crippen molar-refractivity contribution in [3.8, 4) is 23.3 Å². The fourth-order valence-electron chi connectivity index (χ4n) is 2.87. The summed E-state index contributed by atoms with van der Waals surface area (Å²) in [5, 5.41) is 0. The predicted molar refractivity (Wildman–Crippen MR) is 103 cm³/mol. The summed E-state index contributed by atoms with van der Waals surface area (Å²) >= 11 is 3.67. The molecule has 24 heavy (non-hydrogen) atoms. The molecule has 0 aromatic heterocycles. The smallest absolute Gasteiger partial charge is 0.166 e. The molecule has 0 N–H and O–H groups in total. The molecule has 0 aromatic carbocycles. The monoisotopic (exact) mass is 410 g/mol. The van der Waals surface area contributed by atoms with Gasteiger partial charge in [0.25, 0.3) is 0 Å². The molecule has 5 heteroatoms. The largest absolute Gasteiger partial charge is 0.356 e. The number of allylic oxidation sites excluding steroid dienone is 1. The number of rotatable bonds is 2. The molecule has 1 fully saturated rings. The van der Waals surface area contributed by atoms with Gasteiger partial charge in [0.1, 0.15) is 26.9 Å². The number of hydrogen-bond acceptors (Lipinski definition) is 3. The lowest BCUT2D eigenvalue weighted by atomic mass is 9.86. The van der Waals surface area contributed by atoms with Crippen LogP contribution in [0.3, 0.4) is 0 Å². The van der Waals surface area contributed by atoms with Crippen molar-refractivity contribution in [2.45, 2.75) is 70.2 Å². The summed E-state index contributed by atoms with van der Waals surface area (Å²) in [6.45, 7) is 11.3. The molecule has 0 aromatic rings. The van der Waals surface area contributed by atoms with Crippen LogP contribution in [0.15, 0.2) is 10.6 Å². The van der Waals surface area contributed by atoms with E-state index in [2.05, 4.69) is 65.0 Å². The van der Waals surface area contributed by atoms with Gasteiger partial charge in [0.2, 0.25) is 0 Å². The van der Waals surface area contributed by atoms with E-state index < -0.39 is 19.5 Å². The van der Waals surface area contributed by atoms with Gasteiger partial charge in [0.05, 0.1) is 0 Å². The maximum atomic E-state index is 6.24. The molecule has 3 nitrogen and oxygen atoms in total. The minimum Gasteiger partial charge on any atom is -0.356 e. The fourth-order valence-corrected chi connectivity index (χ4v) is 4.19. The van der Waals surface area contributed by atoms with Gasteiger partial charge in [0.15, 0.2) is 11.9 Å². The Morgan fingerprint density at radius 1 is 1.29 bits per heavy atom. The molecular weight excluding hydrogens is 384 g/mol. The molecule has 0 radical (unpaired) electrons. The zero-order valence-electron chi connectivity index (χ0n) is 15.3. The van der Waals surface area contributed by atoms with Crippen molar-refractivity contribution in [3.63, 3.8) is 0 Å². The molecule has 2 rings (SSSR count). The molecule has 1 heterocycles. The van der Waals surface area contributed by atoms with Crippen LogP contribution in [0, 0.1) is 23.3 Å². The van der Waals surface area contributed by atoms with E-state index in [0.29, 0.717) is 13.2 Å². The van der Waals surface area contributed by atoms with E-state index in [1.807, 2.05) is 13.8 Å². The maximum absolute atomic E-state index is 6.24. The van der Waals surface area contributed by atoms with Crippen LogP contribution in [0.4, 0.5) is 0 Å². The second-order valence-corrected chi connectivity index (χ2v) is 13.3. The lowest BCUT2D eigenvalue weighted by Gasteiger charge is -2.33. The molecule has 1 saturated heterocycles. The third-order valence-electron chi connectivity index (χ3n) is 3.78. The van der Waals surface area contributed by atoms with Gasteiger partial charge in [-0.05, 0) is 33.1 Å². The summed E-state index contributed by atoms with van der Waals surface area (Å²) in [6.07, 6.45) is 4.94. The average Bonchev–Trinajstić information content (AvgIpc) is 2.71. The lowest BCUT2D eigenvalue weighted by Crippen LogP contribution is -2.41.